The highest BCUT2D eigenvalue weighted by Gasteiger charge is 2.20. The number of nitrogens with zero attached hydrogens (tertiary/aromatic N) is 2. The van der Waals surface area contributed by atoms with Crippen molar-refractivity contribution in [2.45, 2.75) is 26.3 Å². The van der Waals surface area contributed by atoms with Gasteiger partial charge in [-0.1, -0.05) is 18.5 Å². The summed E-state index contributed by atoms with van der Waals surface area (Å²) in [6.07, 6.45) is 1.23. The quantitative estimate of drug-likeness (QED) is 0.654. The Bertz CT molecular complexity index is 1070. The lowest BCUT2D eigenvalue weighted by molar-refractivity contribution is -0.116. The maximum absolute atomic E-state index is 12.9. The molecule has 2 N–H and O–H groups in total. The largest absolute Gasteiger partial charge is 0.478 e. The van der Waals surface area contributed by atoms with Gasteiger partial charge >= 0.3 is 5.97 Å². The number of aromatic nitrogens is 2. The summed E-state index contributed by atoms with van der Waals surface area (Å²) in [5, 5.41) is 14.0. The van der Waals surface area contributed by atoms with Crippen LogP contribution in [0, 0.1) is 0 Å². The molecule has 2 heterocycles. The molecule has 7 nitrogen and oxygen atoms in total. The lowest BCUT2D eigenvalue weighted by atomic mass is 10.2. The summed E-state index contributed by atoms with van der Waals surface area (Å²) in [5.41, 5.74) is -0.0685. The molecule has 140 valence electrons. The number of hydrogen-bond acceptors (Lipinski definition) is 5. The highest BCUT2D eigenvalue weighted by atomic mass is 35.5. The molecule has 2 aromatic heterocycles. The Morgan fingerprint density at radius 3 is 2.63 bits per heavy atom. The van der Waals surface area contributed by atoms with E-state index in [2.05, 4.69) is 10.3 Å². The summed E-state index contributed by atoms with van der Waals surface area (Å²) in [6.45, 7) is 1.68. The van der Waals surface area contributed by atoms with Gasteiger partial charge in [-0.05, 0) is 30.7 Å². The second-order valence-electron chi connectivity index (χ2n) is 5.86. The van der Waals surface area contributed by atoms with Crippen LogP contribution in [0.5, 0.6) is 0 Å². The summed E-state index contributed by atoms with van der Waals surface area (Å²) < 4.78 is 1.25. The van der Waals surface area contributed by atoms with E-state index < -0.39 is 17.4 Å². The Balaban J connectivity index is 1.99. The van der Waals surface area contributed by atoms with Crippen LogP contribution in [0.2, 0.25) is 5.02 Å². The third-order valence-corrected chi connectivity index (χ3v) is 5.03. The van der Waals surface area contributed by atoms with Gasteiger partial charge in [-0.3, -0.25) is 14.2 Å². The van der Waals surface area contributed by atoms with Crippen LogP contribution in [-0.2, 0) is 17.8 Å². The van der Waals surface area contributed by atoms with E-state index in [1.165, 1.54) is 9.95 Å². The molecule has 0 aliphatic carbocycles. The molecule has 3 aromatic rings. The van der Waals surface area contributed by atoms with E-state index in [1.54, 1.807) is 24.3 Å². The van der Waals surface area contributed by atoms with E-state index in [9.17, 15) is 19.5 Å². The molecular weight excluding hydrogens is 390 g/mol. The van der Waals surface area contributed by atoms with Crippen molar-refractivity contribution < 1.29 is 14.7 Å². The molecule has 0 aliphatic heterocycles. The first-order chi connectivity index (χ1) is 12.9. The Hall–Kier alpha value is -2.71. The number of aryl methyl sites for hydroxylation is 1. The van der Waals surface area contributed by atoms with Gasteiger partial charge in [-0.2, -0.15) is 0 Å². The van der Waals surface area contributed by atoms with Crippen molar-refractivity contribution in [1.29, 1.82) is 0 Å². The Morgan fingerprint density at radius 2 is 2.00 bits per heavy atom. The van der Waals surface area contributed by atoms with E-state index in [0.717, 1.165) is 17.8 Å². The highest BCUT2D eigenvalue weighted by molar-refractivity contribution is 7.17. The third-order valence-electron chi connectivity index (χ3n) is 3.91. The number of anilines is 1. The molecular formula is C18H16ClN3O4S. The number of hydrogen-bond donors (Lipinski definition) is 2. The van der Waals surface area contributed by atoms with E-state index in [0.29, 0.717) is 27.8 Å². The lowest BCUT2D eigenvalue weighted by Gasteiger charge is -2.12. The van der Waals surface area contributed by atoms with Gasteiger partial charge in [0.25, 0.3) is 5.56 Å². The molecule has 0 unspecified atom stereocenters. The van der Waals surface area contributed by atoms with Crippen molar-refractivity contribution in [1.82, 2.24) is 9.55 Å². The molecule has 0 bridgehead atoms. The molecule has 0 saturated heterocycles. The van der Waals surface area contributed by atoms with Crippen molar-refractivity contribution in [3.05, 3.63) is 56.4 Å². The number of halogens is 1. The van der Waals surface area contributed by atoms with Crippen LogP contribution >= 0.6 is 22.9 Å². The fraction of sp³-hybridized carbons (Fsp3) is 0.222. The third kappa shape index (κ3) is 4.01. The molecule has 0 aliphatic rings. The molecule has 1 aromatic carbocycles. The van der Waals surface area contributed by atoms with Crippen molar-refractivity contribution in [3.8, 4) is 0 Å². The maximum atomic E-state index is 12.9. The van der Waals surface area contributed by atoms with Crippen molar-refractivity contribution >= 4 is 50.7 Å². The first-order valence-electron chi connectivity index (χ1n) is 8.20. The fourth-order valence-corrected chi connectivity index (χ4v) is 3.73. The molecule has 0 saturated carbocycles. The van der Waals surface area contributed by atoms with Crippen LogP contribution in [0.25, 0.3) is 10.2 Å². The van der Waals surface area contributed by atoms with Crippen molar-refractivity contribution in [2.24, 2.45) is 0 Å². The van der Waals surface area contributed by atoms with Gasteiger partial charge in [0.05, 0.1) is 10.9 Å². The van der Waals surface area contributed by atoms with Crippen LogP contribution in [0.4, 0.5) is 5.69 Å². The van der Waals surface area contributed by atoms with Crippen LogP contribution < -0.4 is 10.9 Å². The van der Waals surface area contributed by atoms with Gasteiger partial charge in [0, 0.05) is 22.5 Å². The molecule has 0 spiro atoms. The van der Waals surface area contributed by atoms with Gasteiger partial charge in [0.2, 0.25) is 5.91 Å². The zero-order valence-electron chi connectivity index (χ0n) is 14.4. The second-order valence-corrected chi connectivity index (χ2v) is 7.15. The lowest BCUT2D eigenvalue weighted by Crippen LogP contribution is -2.31. The first-order valence-corrected chi connectivity index (χ1v) is 9.46. The molecule has 0 radical (unpaired) electrons. The van der Waals surface area contributed by atoms with Gasteiger partial charge in [-0.15, -0.1) is 11.3 Å². The molecule has 27 heavy (non-hydrogen) atoms. The monoisotopic (exact) mass is 405 g/mol. The standard InChI is InChI=1S/C18H16ClN3O4S/c1-2-3-13-21-16-15(12(9-27-16)18(25)26)17(24)22(13)8-14(23)20-11-6-4-10(19)5-7-11/h4-7,9H,2-3,8H2,1H3,(H,20,23)(H,25,26). The number of carboxylic acid groups (broad SMARTS) is 1. The topological polar surface area (TPSA) is 101 Å². The Labute approximate surface area is 163 Å². The first kappa shape index (κ1) is 19.1. The minimum atomic E-state index is -1.19. The van der Waals surface area contributed by atoms with E-state index in [1.807, 2.05) is 6.92 Å². The summed E-state index contributed by atoms with van der Waals surface area (Å²) in [5.74, 6) is -1.15. The Morgan fingerprint density at radius 1 is 1.30 bits per heavy atom. The van der Waals surface area contributed by atoms with Crippen LogP contribution in [0.1, 0.15) is 29.5 Å². The van der Waals surface area contributed by atoms with Gasteiger partial charge in [0.1, 0.15) is 17.2 Å². The minimum Gasteiger partial charge on any atom is -0.478 e. The number of amides is 1. The van der Waals surface area contributed by atoms with E-state index >= 15 is 0 Å². The Kier molecular flexibility index (Phi) is 5.57. The average molecular weight is 406 g/mol. The number of aromatic carboxylic acids is 1. The zero-order chi connectivity index (χ0) is 19.6. The predicted octanol–water partition coefficient (Wildman–Crippen LogP) is 3.40. The molecule has 1 amide bonds. The summed E-state index contributed by atoms with van der Waals surface area (Å²) in [4.78, 5) is 41.5. The number of rotatable bonds is 6. The van der Waals surface area contributed by atoms with Crippen molar-refractivity contribution in [3.63, 3.8) is 0 Å². The molecule has 3 rings (SSSR count). The van der Waals surface area contributed by atoms with E-state index in [4.69, 9.17) is 11.6 Å². The fourth-order valence-electron chi connectivity index (χ4n) is 2.68. The number of nitrogens with one attached hydrogen (secondary N) is 1. The van der Waals surface area contributed by atoms with Gasteiger partial charge in [-0.25, -0.2) is 9.78 Å². The normalized spacial score (nSPS) is 10.9. The average Bonchev–Trinajstić information content (AvgIpc) is 3.05. The van der Waals surface area contributed by atoms with Gasteiger partial charge in [0.15, 0.2) is 0 Å². The van der Waals surface area contributed by atoms with Gasteiger partial charge < -0.3 is 10.4 Å². The van der Waals surface area contributed by atoms with Crippen LogP contribution in [0.3, 0.4) is 0 Å². The van der Waals surface area contributed by atoms with Crippen molar-refractivity contribution in [2.75, 3.05) is 5.32 Å². The number of fused-ring (bicyclic) bond motifs is 1. The summed E-state index contributed by atoms with van der Waals surface area (Å²) in [7, 11) is 0. The van der Waals surface area contributed by atoms with Crippen LogP contribution in [0.15, 0.2) is 34.4 Å². The summed E-state index contributed by atoms with van der Waals surface area (Å²) >= 11 is 6.94. The number of thiophene rings is 1. The number of carbonyl (C=O) groups excluding carboxylic acids is 1. The maximum Gasteiger partial charge on any atom is 0.337 e. The summed E-state index contributed by atoms with van der Waals surface area (Å²) in [6, 6.07) is 6.59. The highest BCUT2D eigenvalue weighted by Crippen LogP contribution is 2.22. The van der Waals surface area contributed by atoms with Crippen LogP contribution in [-0.4, -0.2) is 26.5 Å². The smallest absolute Gasteiger partial charge is 0.337 e. The molecule has 9 heteroatoms. The SMILES string of the molecule is CCCc1nc2scc(C(=O)O)c2c(=O)n1CC(=O)Nc1ccc(Cl)cc1. The van der Waals surface area contributed by atoms with E-state index in [-0.39, 0.29) is 17.5 Å². The molecule has 0 fully saturated rings. The number of carbonyl (C=O) groups is 2. The number of benzene rings is 1. The predicted molar refractivity (Wildman–Crippen MR) is 105 cm³/mol. The second kappa shape index (κ2) is 7.89. The number of carboxylic acids is 1. The zero-order valence-corrected chi connectivity index (χ0v) is 15.9. The molecule has 0 atom stereocenters. The minimum absolute atomic E-state index is 0.0339.